The number of nitrogens with zero attached hydrogens (tertiary/aromatic N) is 3. The van der Waals surface area contributed by atoms with E-state index in [2.05, 4.69) is 16.8 Å². The molecule has 0 atom stereocenters. The molecule has 1 aliphatic rings. The number of morpholine rings is 1. The molecule has 0 N–H and O–H groups in total. The van der Waals surface area contributed by atoms with Gasteiger partial charge in [0.15, 0.2) is 0 Å². The van der Waals surface area contributed by atoms with Crippen molar-refractivity contribution in [2.75, 3.05) is 39.4 Å². The van der Waals surface area contributed by atoms with Crippen molar-refractivity contribution in [3.05, 3.63) is 16.1 Å². The Hall–Kier alpha value is -0.980. The van der Waals surface area contributed by atoms with E-state index in [0.29, 0.717) is 5.69 Å². The summed E-state index contributed by atoms with van der Waals surface area (Å²) in [6.07, 6.45) is 2.15. The second-order valence-electron chi connectivity index (χ2n) is 5.25. The van der Waals surface area contributed by atoms with Crippen molar-refractivity contribution in [1.82, 2.24) is 14.8 Å². The first kappa shape index (κ1) is 16.4. The van der Waals surface area contributed by atoms with Crippen molar-refractivity contribution in [3.8, 4) is 0 Å². The van der Waals surface area contributed by atoms with E-state index in [0.717, 1.165) is 63.8 Å². The lowest BCUT2D eigenvalue weighted by atomic mass is 10.3. The zero-order chi connectivity index (χ0) is 15.1. The van der Waals surface area contributed by atoms with Crippen LogP contribution in [0.5, 0.6) is 0 Å². The largest absolute Gasteiger partial charge is 0.379 e. The first-order valence-electron chi connectivity index (χ1n) is 7.78. The van der Waals surface area contributed by atoms with E-state index >= 15 is 0 Å². The number of carbonyl (C=O) groups excluding carboxylic acids is 1. The van der Waals surface area contributed by atoms with Crippen LogP contribution in [0.2, 0.25) is 0 Å². The molecular weight excluding hydrogens is 286 g/mol. The molecule has 2 rings (SSSR count). The zero-order valence-electron chi connectivity index (χ0n) is 13.0. The Morgan fingerprint density at radius 2 is 2.19 bits per heavy atom. The molecule has 0 unspecified atom stereocenters. The van der Waals surface area contributed by atoms with E-state index in [1.54, 1.807) is 11.3 Å². The highest BCUT2D eigenvalue weighted by atomic mass is 32.1. The number of thiazole rings is 1. The van der Waals surface area contributed by atoms with E-state index in [4.69, 9.17) is 4.74 Å². The Bertz CT molecular complexity index is 444. The van der Waals surface area contributed by atoms with Crippen molar-refractivity contribution in [2.45, 2.75) is 33.2 Å². The van der Waals surface area contributed by atoms with E-state index in [-0.39, 0.29) is 5.91 Å². The topological polar surface area (TPSA) is 45.7 Å². The van der Waals surface area contributed by atoms with Gasteiger partial charge in [0, 0.05) is 31.6 Å². The molecule has 21 heavy (non-hydrogen) atoms. The van der Waals surface area contributed by atoms with Crippen LogP contribution in [-0.4, -0.2) is 60.1 Å². The van der Waals surface area contributed by atoms with Gasteiger partial charge in [0.1, 0.15) is 10.7 Å². The molecule has 0 aromatic carbocycles. The molecule has 0 radical (unpaired) electrons. The number of hydrogen-bond donors (Lipinski definition) is 0. The van der Waals surface area contributed by atoms with Gasteiger partial charge in [-0.3, -0.25) is 9.69 Å². The predicted molar refractivity (Wildman–Crippen MR) is 84.7 cm³/mol. The molecule has 1 aromatic rings. The van der Waals surface area contributed by atoms with Crippen LogP contribution in [-0.2, 0) is 11.3 Å². The standard InChI is InChI=1S/C15H25N3O2S/c1-3-5-6-18(4-2)15(19)13-12-21-14(16-13)11-17-7-9-20-10-8-17/h12H,3-11H2,1-2H3. The van der Waals surface area contributed by atoms with E-state index in [9.17, 15) is 4.79 Å². The van der Waals surface area contributed by atoms with Crippen molar-refractivity contribution in [3.63, 3.8) is 0 Å². The SMILES string of the molecule is CCCCN(CC)C(=O)c1csc(CN2CCOCC2)n1. The average Bonchev–Trinajstić information content (AvgIpc) is 2.97. The molecule has 0 spiro atoms. The molecule has 0 aliphatic carbocycles. The molecular formula is C15H25N3O2S. The highest BCUT2D eigenvalue weighted by molar-refractivity contribution is 7.09. The number of unbranched alkanes of at least 4 members (excludes halogenated alkanes) is 1. The fourth-order valence-corrected chi connectivity index (χ4v) is 3.16. The molecule has 2 heterocycles. The summed E-state index contributed by atoms with van der Waals surface area (Å²) in [7, 11) is 0. The smallest absolute Gasteiger partial charge is 0.273 e. The summed E-state index contributed by atoms with van der Waals surface area (Å²) in [5, 5.41) is 2.92. The maximum Gasteiger partial charge on any atom is 0.273 e. The quantitative estimate of drug-likeness (QED) is 0.775. The molecule has 1 amide bonds. The van der Waals surface area contributed by atoms with Crippen LogP contribution < -0.4 is 0 Å². The second kappa shape index (κ2) is 8.46. The van der Waals surface area contributed by atoms with Crippen LogP contribution in [0.3, 0.4) is 0 Å². The molecule has 0 saturated carbocycles. The molecule has 6 heteroatoms. The van der Waals surface area contributed by atoms with Crippen LogP contribution in [0, 0.1) is 0 Å². The third-order valence-corrected chi connectivity index (χ3v) is 4.52. The highest BCUT2D eigenvalue weighted by Crippen LogP contribution is 2.15. The Morgan fingerprint density at radius 3 is 2.86 bits per heavy atom. The van der Waals surface area contributed by atoms with Gasteiger partial charge in [-0.15, -0.1) is 11.3 Å². The lowest BCUT2D eigenvalue weighted by Gasteiger charge is -2.25. The summed E-state index contributed by atoms with van der Waals surface area (Å²) < 4.78 is 5.34. The first-order chi connectivity index (χ1) is 10.2. The van der Waals surface area contributed by atoms with Crippen molar-refractivity contribution < 1.29 is 9.53 Å². The number of amides is 1. The number of rotatable bonds is 7. The van der Waals surface area contributed by atoms with E-state index in [1.165, 1.54) is 0 Å². The lowest BCUT2D eigenvalue weighted by Crippen LogP contribution is -2.35. The van der Waals surface area contributed by atoms with E-state index < -0.39 is 0 Å². The monoisotopic (exact) mass is 311 g/mol. The molecule has 1 saturated heterocycles. The van der Waals surface area contributed by atoms with Gasteiger partial charge in [-0.25, -0.2) is 4.98 Å². The van der Waals surface area contributed by atoms with Gasteiger partial charge < -0.3 is 9.64 Å². The first-order valence-corrected chi connectivity index (χ1v) is 8.66. The molecule has 5 nitrogen and oxygen atoms in total. The van der Waals surface area contributed by atoms with Crippen LogP contribution in [0.15, 0.2) is 5.38 Å². The second-order valence-corrected chi connectivity index (χ2v) is 6.20. The van der Waals surface area contributed by atoms with Crippen LogP contribution >= 0.6 is 11.3 Å². The van der Waals surface area contributed by atoms with Crippen molar-refractivity contribution >= 4 is 17.2 Å². The number of hydrogen-bond acceptors (Lipinski definition) is 5. The summed E-state index contributed by atoms with van der Waals surface area (Å²) >= 11 is 1.58. The highest BCUT2D eigenvalue weighted by Gasteiger charge is 2.18. The molecule has 1 aromatic heterocycles. The van der Waals surface area contributed by atoms with Gasteiger partial charge in [0.05, 0.1) is 19.8 Å². The van der Waals surface area contributed by atoms with Gasteiger partial charge >= 0.3 is 0 Å². The Labute approximate surface area is 130 Å². The van der Waals surface area contributed by atoms with Crippen LogP contribution in [0.1, 0.15) is 42.2 Å². The maximum absolute atomic E-state index is 12.4. The van der Waals surface area contributed by atoms with Gasteiger partial charge in [-0.1, -0.05) is 13.3 Å². The lowest BCUT2D eigenvalue weighted by molar-refractivity contribution is 0.0341. The Kier molecular flexibility index (Phi) is 6.60. The summed E-state index contributed by atoms with van der Waals surface area (Å²) in [5.74, 6) is 0.0652. The van der Waals surface area contributed by atoms with Gasteiger partial charge in [-0.2, -0.15) is 0 Å². The number of ether oxygens (including phenoxy) is 1. The molecule has 1 aliphatic heterocycles. The third kappa shape index (κ3) is 4.76. The minimum atomic E-state index is 0.0652. The maximum atomic E-state index is 12.4. The summed E-state index contributed by atoms with van der Waals surface area (Å²) in [6.45, 7) is 10.0. The van der Waals surface area contributed by atoms with E-state index in [1.807, 2.05) is 17.2 Å². The van der Waals surface area contributed by atoms with Crippen molar-refractivity contribution in [1.29, 1.82) is 0 Å². The molecule has 1 fully saturated rings. The minimum Gasteiger partial charge on any atom is -0.379 e. The summed E-state index contributed by atoms with van der Waals surface area (Å²) in [5.41, 5.74) is 0.598. The minimum absolute atomic E-state index is 0.0652. The van der Waals surface area contributed by atoms with Gasteiger partial charge in [-0.05, 0) is 13.3 Å². The van der Waals surface area contributed by atoms with Crippen LogP contribution in [0.25, 0.3) is 0 Å². The number of aromatic nitrogens is 1. The zero-order valence-corrected chi connectivity index (χ0v) is 13.8. The van der Waals surface area contributed by atoms with Gasteiger partial charge in [0.2, 0.25) is 0 Å². The normalized spacial score (nSPS) is 16.1. The Balaban J connectivity index is 1.92. The average molecular weight is 311 g/mol. The summed E-state index contributed by atoms with van der Waals surface area (Å²) in [6, 6.07) is 0. The van der Waals surface area contributed by atoms with Crippen LogP contribution in [0.4, 0.5) is 0 Å². The fourth-order valence-electron chi connectivity index (χ4n) is 2.35. The fraction of sp³-hybridized carbons (Fsp3) is 0.733. The van der Waals surface area contributed by atoms with Crippen molar-refractivity contribution in [2.24, 2.45) is 0 Å². The Morgan fingerprint density at radius 1 is 1.43 bits per heavy atom. The third-order valence-electron chi connectivity index (χ3n) is 3.68. The number of carbonyl (C=O) groups is 1. The molecule has 118 valence electrons. The molecule has 0 bridgehead atoms. The predicted octanol–water partition coefficient (Wildman–Crippen LogP) is 2.24. The van der Waals surface area contributed by atoms with Gasteiger partial charge in [0.25, 0.3) is 5.91 Å². The summed E-state index contributed by atoms with van der Waals surface area (Å²) in [4.78, 5) is 21.2.